The lowest BCUT2D eigenvalue weighted by Gasteiger charge is -2.36. The minimum absolute atomic E-state index is 0. The largest absolute Gasteiger partial charge is 0.378 e. The van der Waals surface area contributed by atoms with Crippen molar-refractivity contribution in [3.05, 3.63) is 35.4 Å². The van der Waals surface area contributed by atoms with Crippen LogP contribution in [0.3, 0.4) is 0 Å². The van der Waals surface area contributed by atoms with Gasteiger partial charge in [-0.15, -0.1) is 24.0 Å². The molecule has 6 heteroatoms. The number of benzene rings is 1. The highest BCUT2D eigenvalue weighted by Crippen LogP contribution is 2.19. The van der Waals surface area contributed by atoms with Gasteiger partial charge in [-0.2, -0.15) is 0 Å². The molecule has 2 fully saturated rings. The highest BCUT2D eigenvalue weighted by molar-refractivity contribution is 14.0. The first kappa shape index (κ1) is 24.4. The van der Waals surface area contributed by atoms with Crippen LogP contribution < -0.4 is 5.32 Å². The van der Waals surface area contributed by atoms with Crippen LogP contribution in [0, 0.1) is 12.8 Å². The fourth-order valence-corrected chi connectivity index (χ4v) is 4.34. The summed E-state index contributed by atoms with van der Waals surface area (Å²) in [5.74, 6) is 1.81. The molecule has 3 rings (SSSR count). The molecule has 1 aromatic rings. The average molecular weight is 514 g/mol. The predicted octanol–water partition coefficient (Wildman–Crippen LogP) is 3.90. The van der Waals surface area contributed by atoms with E-state index < -0.39 is 0 Å². The van der Waals surface area contributed by atoms with E-state index in [0.717, 1.165) is 57.5 Å². The molecule has 0 aliphatic carbocycles. The number of halogens is 1. The second-order valence-electron chi connectivity index (χ2n) is 8.27. The van der Waals surface area contributed by atoms with E-state index in [9.17, 15) is 0 Å². The second kappa shape index (κ2) is 12.7. The Kier molecular flexibility index (Phi) is 10.7. The number of nitrogens with one attached hydrogen (secondary N) is 1. The van der Waals surface area contributed by atoms with Crippen LogP contribution in [0.2, 0.25) is 0 Å². The van der Waals surface area contributed by atoms with Crippen molar-refractivity contribution in [3.63, 3.8) is 0 Å². The predicted molar refractivity (Wildman–Crippen MR) is 132 cm³/mol. The molecule has 2 saturated heterocycles. The third-order valence-electron chi connectivity index (χ3n) is 6.14. The van der Waals surface area contributed by atoms with Gasteiger partial charge in [-0.1, -0.05) is 29.8 Å². The SMILES string of the molecule is CCOC1CCN(C(=NC)NCC2CCN(Cc3ccc(C)cc3)CC2)CC1.I. The van der Waals surface area contributed by atoms with Crippen LogP contribution >= 0.6 is 24.0 Å². The van der Waals surface area contributed by atoms with Gasteiger partial charge in [0.1, 0.15) is 0 Å². The monoisotopic (exact) mass is 514 g/mol. The molecular formula is C23H39IN4O. The van der Waals surface area contributed by atoms with Crippen molar-refractivity contribution in [2.45, 2.75) is 52.2 Å². The van der Waals surface area contributed by atoms with E-state index in [2.05, 4.69) is 58.2 Å². The highest BCUT2D eigenvalue weighted by atomic mass is 127. The molecule has 1 N–H and O–H groups in total. The van der Waals surface area contributed by atoms with Crippen LogP contribution in [0.15, 0.2) is 29.3 Å². The number of nitrogens with zero attached hydrogens (tertiary/aromatic N) is 3. The van der Waals surface area contributed by atoms with Gasteiger partial charge in [0.2, 0.25) is 0 Å². The number of aliphatic imine (C=N–C) groups is 1. The van der Waals surface area contributed by atoms with E-state index >= 15 is 0 Å². The second-order valence-corrected chi connectivity index (χ2v) is 8.27. The van der Waals surface area contributed by atoms with Gasteiger partial charge < -0.3 is 15.0 Å². The Balaban J connectivity index is 0.00000300. The van der Waals surface area contributed by atoms with E-state index in [4.69, 9.17) is 4.74 Å². The van der Waals surface area contributed by atoms with Gasteiger partial charge in [-0.25, -0.2) is 0 Å². The molecule has 0 saturated carbocycles. The summed E-state index contributed by atoms with van der Waals surface area (Å²) in [6.07, 6.45) is 5.17. The maximum absolute atomic E-state index is 5.77. The quantitative estimate of drug-likeness (QED) is 0.355. The first-order valence-corrected chi connectivity index (χ1v) is 11.0. The summed E-state index contributed by atoms with van der Waals surface area (Å²) in [5.41, 5.74) is 2.77. The van der Waals surface area contributed by atoms with Crippen LogP contribution in [0.5, 0.6) is 0 Å². The van der Waals surface area contributed by atoms with Crippen LogP contribution in [0.1, 0.15) is 43.7 Å². The lowest BCUT2D eigenvalue weighted by molar-refractivity contribution is 0.0263. The summed E-state index contributed by atoms with van der Waals surface area (Å²) in [6.45, 7) is 11.6. The molecule has 29 heavy (non-hydrogen) atoms. The van der Waals surface area contributed by atoms with E-state index in [0.29, 0.717) is 6.10 Å². The van der Waals surface area contributed by atoms with E-state index in [-0.39, 0.29) is 24.0 Å². The van der Waals surface area contributed by atoms with Gasteiger partial charge in [0.15, 0.2) is 5.96 Å². The summed E-state index contributed by atoms with van der Waals surface area (Å²) < 4.78 is 5.77. The van der Waals surface area contributed by atoms with Gasteiger partial charge in [-0.3, -0.25) is 9.89 Å². The molecule has 0 amide bonds. The molecule has 2 aliphatic rings. The minimum Gasteiger partial charge on any atom is -0.378 e. The average Bonchev–Trinajstić information content (AvgIpc) is 2.73. The maximum Gasteiger partial charge on any atom is 0.193 e. The van der Waals surface area contributed by atoms with Crippen LogP contribution in [-0.4, -0.2) is 68.2 Å². The van der Waals surface area contributed by atoms with Crippen molar-refractivity contribution in [3.8, 4) is 0 Å². The normalized spacial score (nSPS) is 19.8. The maximum atomic E-state index is 5.77. The molecule has 0 bridgehead atoms. The number of ether oxygens (including phenoxy) is 1. The molecule has 0 unspecified atom stereocenters. The molecule has 2 aliphatic heterocycles. The molecule has 0 radical (unpaired) electrons. The third-order valence-corrected chi connectivity index (χ3v) is 6.14. The number of aryl methyl sites for hydroxylation is 1. The number of guanidine groups is 1. The fraction of sp³-hybridized carbons (Fsp3) is 0.696. The number of likely N-dealkylation sites (tertiary alicyclic amines) is 2. The molecule has 0 spiro atoms. The lowest BCUT2D eigenvalue weighted by Crippen LogP contribution is -2.48. The third kappa shape index (κ3) is 7.72. The Hall–Kier alpha value is -0.860. The van der Waals surface area contributed by atoms with Gasteiger partial charge in [0.05, 0.1) is 6.10 Å². The molecule has 1 aromatic carbocycles. The zero-order chi connectivity index (χ0) is 19.8. The summed E-state index contributed by atoms with van der Waals surface area (Å²) in [6, 6.07) is 8.97. The molecule has 164 valence electrons. The summed E-state index contributed by atoms with van der Waals surface area (Å²) in [7, 11) is 1.90. The van der Waals surface area contributed by atoms with Gasteiger partial charge in [0, 0.05) is 39.8 Å². The Morgan fingerprint density at radius 2 is 1.72 bits per heavy atom. The first-order valence-electron chi connectivity index (χ1n) is 11.0. The molecule has 0 atom stereocenters. The van der Waals surface area contributed by atoms with E-state index in [1.165, 1.54) is 37.1 Å². The van der Waals surface area contributed by atoms with Crippen molar-refractivity contribution in [2.75, 3.05) is 46.4 Å². The van der Waals surface area contributed by atoms with Crippen LogP contribution in [0.4, 0.5) is 0 Å². The molecular weight excluding hydrogens is 475 g/mol. The number of piperidine rings is 2. The smallest absolute Gasteiger partial charge is 0.193 e. The van der Waals surface area contributed by atoms with Crippen molar-refractivity contribution in [1.29, 1.82) is 0 Å². The molecule has 5 nitrogen and oxygen atoms in total. The first-order chi connectivity index (χ1) is 13.7. The molecule has 0 aromatic heterocycles. The van der Waals surface area contributed by atoms with Crippen molar-refractivity contribution in [1.82, 2.24) is 15.1 Å². The van der Waals surface area contributed by atoms with E-state index in [1.807, 2.05) is 7.05 Å². The van der Waals surface area contributed by atoms with Crippen molar-refractivity contribution >= 4 is 29.9 Å². The zero-order valence-corrected chi connectivity index (χ0v) is 20.7. The Bertz CT molecular complexity index is 606. The van der Waals surface area contributed by atoms with Gasteiger partial charge in [0.25, 0.3) is 0 Å². The van der Waals surface area contributed by atoms with Crippen molar-refractivity contribution < 1.29 is 4.74 Å². The van der Waals surface area contributed by atoms with E-state index in [1.54, 1.807) is 0 Å². The number of hydrogen-bond donors (Lipinski definition) is 1. The zero-order valence-electron chi connectivity index (χ0n) is 18.4. The Morgan fingerprint density at radius 1 is 1.07 bits per heavy atom. The van der Waals surface area contributed by atoms with Gasteiger partial charge >= 0.3 is 0 Å². The Labute approximate surface area is 194 Å². The number of hydrogen-bond acceptors (Lipinski definition) is 3. The Morgan fingerprint density at radius 3 is 2.31 bits per heavy atom. The van der Waals surface area contributed by atoms with Gasteiger partial charge in [-0.05, 0) is 64.1 Å². The standard InChI is InChI=1S/C23H38N4O.HI/c1-4-28-22-11-15-27(16-12-22)23(24-3)25-17-20-9-13-26(14-10-20)18-21-7-5-19(2)6-8-21;/h5-8,20,22H,4,9-18H2,1-3H3,(H,24,25);1H. The number of rotatable bonds is 6. The highest BCUT2D eigenvalue weighted by Gasteiger charge is 2.23. The minimum atomic E-state index is 0. The molecule has 2 heterocycles. The lowest BCUT2D eigenvalue weighted by atomic mass is 9.96. The topological polar surface area (TPSA) is 40.1 Å². The summed E-state index contributed by atoms with van der Waals surface area (Å²) in [4.78, 5) is 9.51. The summed E-state index contributed by atoms with van der Waals surface area (Å²) >= 11 is 0. The van der Waals surface area contributed by atoms with Crippen LogP contribution in [0.25, 0.3) is 0 Å². The van der Waals surface area contributed by atoms with Crippen LogP contribution in [-0.2, 0) is 11.3 Å². The summed E-state index contributed by atoms with van der Waals surface area (Å²) in [5, 5.41) is 3.64. The fourth-order valence-electron chi connectivity index (χ4n) is 4.34. The van der Waals surface area contributed by atoms with Crippen molar-refractivity contribution in [2.24, 2.45) is 10.9 Å².